The molecule has 2 aliphatic rings. The minimum absolute atomic E-state index is 0.350. The molecule has 0 amide bonds. The average molecular weight is 334 g/mol. The Hall–Kier alpha value is -1.36. The van der Waals surface area contributed by atoms with Crippen LogP contribution in [-0.2, 0) is 0 Å². The number of thioether (sulfide) groups is 1. The topological polar surface area (TPSA) is 45.7 Å². The van der Waals surface area contributed by atoms with Gasteiger partial charge in [-0.2, -0.15) is 11.8 Å². The summed E-state index contributed by atoms with van der Waals surface area (Å²) in [6.45, 7) is 5.01. The number of fused-ring (bicyclic) bond motifs is 1. The summed E-state index contributed by atoms with van der Waals surface area (Å²) < 4.78 is 6.09. The predicted octanol–water partition coefficient (Wildman–Crippen LogP) is 3.00. The van der Waals surface area contributed by atoms with Gasteiger partial charge < -0.3 is 15.4 Å². The Morgan fingerprint density at radius 3 is 3.04 bits per heavy atom. The van der Waals surface area contributed by atoms with E-state index in [-0.39, 0.29) is 0 Å². The molecule has 2 atom stereocenters. The van der Waals surface area contributed by atoms with E-state index in [1.165, 1.54) is 24.2 Å². The zero-order valence-corrected chi connectivity index (χ0v) is 14.9. The second-order valence-electron chi connectivity index (χ2n) is 6.58. The molecule has 126 valence electrons. The molecule has 2 N–H and O–H groups in total. The van der Waals surface area contributed by atoms with Crippen LogP contribution in [0.1, 0.15) is 37.7 Å². The molecule has 0 spiro atoms. The van der Waals surface area contributed by atoms with Crippen LogP contribution in [0, 0.1) is 0 Å². The van der Waals surface area contributed by atoms with Gasteiger partial charge in [0.15, 0.2) is 5.96 Å². The number of aliphatic imine (C=N–C) groups is 1. The van der Waals surface area contributed by atoms with Crippen molar-refractivity contribution in [3.05, 3.63) is 29.8 Å². The maximum absolute atomic E-state index is 5.74. The fourth-order valence-electron chi connectivity index (χ4n) is 3.32. The zero-order valence-electron chi connectivity index (χ0n) is 14.1. The molecule has 1 aromatic carbocycles. The van der Waals surface area contributed by atoms with Crippen molar-refractivity contribution in [2.24, 2.45) is 4.99 Å². The maximum atomic E-state index is 5.74. The maximum Gasteiger partial charge on any atom is 0.191 e. The summed E-state index contributed by atoms with van der Waals surface area (Å²) in [4.78, 5) is 4.37. The van der Waals surface area contributed by atoms with Gasteiger partial charge in [-0.1, -0.05) is 18.2 Å². The lowest BCUT2D eigenvalue weighted by atomic mass is 9.93. The van der Waals surface area contributed by atoms with Gasteiger partial charge in [0.05, 0.1) is 6.61 Å². The van der Waals surface area contributed by atoms with Gasteiger partial charge >= 0.3 is 0 Å². The van der Waals surface area contributed by atoms with Gasteiger partial charge in [-0.25, -0.2) is 0 Å². The molecule has 5 heteroatoms. The molecule has 2 unspecified atom stereocenters. The highest BCUT2D eigenvalue weighted by Crippen LogP contribution is 2.37. The summed E-state index contributed by atoms with van der Waals surface area (Å²) in [7, 11) is 1.84. The molecule has 0 saturated carbocycles. The highest BCUT2D eigenvalue weighted by molar-refractivity contribution is 8.00. The van der Waals surface area contributed by atoms with Gasteiger partial charge in [0.2, 0.25) is 0 Å². The van der Waals surface area contributed by atoms with Crippen molar-refractivity contribution in [1.82, 2.24) is 10.6 Å². The Morgan fingerprint density at radius 2 is 2.26 bits per heavy atom. The van der Waals surface area contributed by atoms with Crippen LogP contribution >= 0.6 is 11.8 Å². The molecule has 2 heterocycles. The first-order chi connectivity index (χ1) is 11.2. The summed E-state index contributed by atoms with van der Waals surface area (Å²) in [6.07, 6.45) is 3.66. The summed E-state index contributed by atoms with van der Waals surface area (Å²) in [6, 6.07) is 8.36. The second-order valence-corrected chi connectivity index (χ2v) is 8.26. The number of hydrogen-bond donors (Lipinski definition) is 2. The number of para-hydroxylation sites is 1. The third-order valence-electron chi connectivity index (χ3n) is 4.75. The van der Waals surface area contributed by atoms with Crippen molar-refractivity contribution >= 4 is 17.7 Å². The van der Waals surface area contributed by atoms with Crippen LogP contribution in [-0.4, -0.2) is 43.2 Å². The number of benzene rings is 1. The van der Waals surface area contributed by atoms with Crippen LogP contribution in [0.2, 0.25) is 0 Å². The Bertz CT molecular complexity index is 555. The van der Waals surface area contributed by atoms with Gasteiger partial charge in [0, 0.05) is 30.8 Å². The highest BCUT2D eigenvalue weighted by Gasteiger charge is 2.29. The third kappa shape index (κ3) is 4.14. The molecule has 1 fully saturated rings. The van der Waals surface area contributed by atoms with E-state index in [1.807, 2.05) is 13.1 Å². The predicted molar refractivity (Wildman–Crippen MR) is 98.8 cm³/mol. The van der Waals surface area contributed by atoms with Crippen molar-refractivity contribution in [2.75, 3.05) is 32.5 Å². The van der Waals surface area contributed by atoms with Gasteiger partial charge in [0.25, 0.3) is 0 Å². The lowest BCUT2D eigenvalue weighted by Crippen LogP contribution is -2.45. The summed E-state index contributed by atoms with van der Waals surface area (Å²) in [5.74, 6) is 3.70. The highest BCUT2D eigenvalue weighted by atomic mass is 32.2. The van der Waals surface area contributed by atoms with Gasteiger partial charge in [-0.3, -0.25) is 4.99 Å². The minimum atomic E-state index is 0.350. The van der Waals surface area contributed by atoms with Crippen LogP contribution in [0.25, 0.3) is 0 Å². The monoisotopic (exact) mass is 333 g/mol. The van der Waals surface area contributed by atoms with Crippen LogP contribution in [0.15, 0.2) is 29.3 Å². The average Bonchev–Trinajstić information content (AvgIpc) is 3.02. The van der Waals surface area contributed by atoms with E-state index in [4.69, 9.17) is 4.74 Å². The van der Waals surface area contributed by atoms with Crippen LogP contribution in [0.4, 0.5) is 0 Å². The Labute approximate surface area is 143 Å². The van der Waals surface area contributed by atoms with Crippen molar-refractivity contribution in [3.8, 4) is 5.75 Å². The fourth-order valence-corrected chi connectivity index (χ4v) is 4.56. The number of ether oxygens (including phenoxy) is 1. The molecular weight excluding hydrogens is 306 g/mol. The smallest absolute Gasteiger partial charge is 0.191 e. The van der Waals surface area contributed by atoms with Gasteiger partial charge in [-0.15, -0.1) is 0 Å². The van der Waals surface area contributed by atoms with E-state index in [9.17, 15) is 0 Å². The van der Waals surface area contributed by atoms with Gasteiger partial charge in [-0.05, 0) is 43.6 Å². The minimum Gasteiger partial charge on any atom is -0.493 e. The Kier molecular flexibility index (Phi) is 5.36. The fraction of sp³-hybridized carbons (Fsp3) is 0.611. The summed E-state index contributed by atoms with van der Waals surface area (Å²) in [5, 5.41) is 7.00. The second kappa shape index (κ2) is 7.47. The molecule has 0 aromatic heterocycles. The number of guanidine groups is 1. The molecule has 4 nitrogen and oxygen atoms in total. The first-order valence-corrected chi connectivity index (χ1v) is 9.49. The van der Waals surface area contributed by atoms with E-state index in [1.54, 1.807) is 0 Å². The standard InChI is InChI=1S/C18H27N3OS/c1-18(9-5-11-23-18)13-21-17(19-2)20-12-14-8-10-22-16-7-4-3-6-15(14)16/h3-4,6-7,14H,5,8-13H2,1-2H3,(H2,19,20,21). The quantitative estimate of drug-likeness (QED) is 0.657. The Balaban J connectivity index is 1.53. The molecule has 0 aliphatic carbocycles. The van der Waals surface area contributed by atoms with Crippen LogP contribution in [0.5, 0.6) is 5.75 Å². The van der Waals surface area contributed by atoms with E-state index in [0.29, 0.717) is 10.7 Å². The number of hydrogen-bond acceptors (Lipinski definition) is 3. The molecule has 23 heavy (non-hydrogen) atoms. The largest absolute Gasteiger partial charge is 0.493 e. The lowest BCUT2D eigenvalue weighted by Gasteiger charge is -2.28. The molecule has 3 rings (SSSR count). The number of nitrogens with zero attached hydrogens (tertiary/aromatic N) is 1. The van der Waals surface area contributed by atoms with Crippen molar-refractivity contribution in [1.29, 1.82) is 0 Å². The van der Waals surface area contributed by atoms with Crippen molar-refractivity contribution < 1.29 is 4.74 Å². The molecular formula is C18H27N3OS. The SMILES string of the molecule is CN=C(NCC1CCOc2ccccc21)NCC1(C)CCCS1. The number of rotatable bonds is 4. The molecule has 1 saturated heterocycles. The third-order valence-corrected chi connectivity index (χ3v) is 6.29. The van der Waals surface area contributed by atoms with E-state index in [2.05, 4.69) is 52.5 Å². The lowest BCUT2D eigenvalue weighted by molar-refractivity contribution is 0.267. The Morgan fingerprint density at radius 1 is 1.39 bits per heavy atom. The van der Waals surface area contributed by atoms with Crippen molar-refractivity contribution in [2.45, 2.75) is 36.9 Å². The normalized spacial score (nSPS) is 27.2. The van der Waals surface area contributed by atoms with E-state index >= 15 is 0 Å². The van der Waals surface area contributed by atoms with E-state index < -0.39 is 0 Å². The van der Waals surface area contributed by atoms with Gasteiger partial charge in [0.1, 0.15) is 5.75 Å². The van der Waals surface area contributed by atoms with Crippen molar-refractivity contribution in [3.63, 3.8) is 0 Å². The first kappa shape index (κ1) is 16.5. The first-order valence-electron chi connectivity index (χ1n) is 8.50. The summed E-state index contributed by atoms with van der Waals surface area (Å²) in [5.41, 5.74) is 1.31. The summed E-state index contributed by atoms with van der Waals surface area (Å²) >= 11 is 2.07. The van der Waals surface area contributed by atoms with E-state index in [0.717, 1.165) is 37.8 Å². The van der Waals surface area contributed by atoms with Crippen LogP contribution in [0.3, 0.4) is 0 Å². The molecule has 1 aromatic rings. The van der Waals surface area contributed by atoms with Crippen LogP contribution < -0.4 is 15.4 Å². The molecule has 2 aliphatic heterocycles. The zero-order chi connectivity index (χ0) is 16.1. The molecule has 0 bridgehead atoms. The number of nitrogens with one attached hydrogen (secondary N) is 2. The molecule has 0 radical (unpaired) electrons.